The van der Waals surface area contributed by atoms with Gasteiger partial charge in [0, 0.05) is 36.1 Å². The van der Waals surface area contributed by atoms with Crippen molar-refractivity contribution in [2.24, 2.45) is 5.73 Å². The number of aromatic nitrogens is 2. The number of hydrogen-bond donors (Lipinski definition) is 2. The van der Waals surface area contributed by atoms with Crippen LogP contribution in [0.25, 0.3) is 0 Å². The molecule has 0 fully saturated rings. The summed E-state index contributed by atoms with van der Waals surface area (Å²) in [5.41, 5.74) is 5.97. The van der Waals surface area contributed by atoms with Crippen LogP contribution in [0.1, 0.15) is 65.2 Å². The Kier molecular flexibility index (Phi) is 7.60. The minimum absolute atomic E-state index is 0.00976. The third-order valence-electron chi connectivity index (χ3n) is 5.63. The van der Waals surface area contributed by atoms with E-state index in [9.17, 15) is 22.8 Å². The maximum Gasteiger partial charge on any atom is 0.435 e. The molecule has 3 rings (SSSR count). The lowest BCUT2D eigenvalue weighted by molar-refractivity contribution is -0.142. The Morgan fingerprint density at radius 2 is 1.94 bits per heavy atom. The van der Waals surface area contributed by atoms with E-state index in [1.165, 1.54) is 17.5 Å². The van der Waals surface area contributed by atoms with E-state index >= 15 is 0 Å². The molecule has 0 bridgehead atoms. The summed E-state index contributed by atoms with van der Waals surface area (Å²) in [6, 6.07) is 0. The second-order valence-electron chi connectivity index (χ2n) is 7.80. The number of fused-ring (bicyclic) bond motifs is 1. The number of nitrogens with zero attached hydrogens (tertiary/aromatic N) is 3. The molecule has 0 saturated heterocycles. The van der Waals surface area contributed by atoms with E-state index < -0.39 is 23.7 Å². The number of carbonyl (C=O) groups is 2. The zero-order valence-electron chi connectivity index (χ0n) is 18.2. The van der Waals surface area contributed by atoms with E-state index in [1.54, 1.807) is 0 Å². The van der Waals surface area contributed by atoms with Crippen LogP contribution in [0.5, 0.6) is 0 Å². The highest BCUT2D eigenvalue weighted by molar-refractivity contribution is 7.17. The first-order valence-corrected chi connectivity index (χ1v) is 11.6. The molecule has 0 radical (unpaired) electrons. The molecule has 0 aromatic carbocycles. The normalized spacial score (nSPS) is 13.9. The van der Waals surface area contributed by atoms with Gasteiger partial charge >= 0.3 is 6.18 Å². The minimum atomic E-state index is -4.57. The van der Waals surface area contributed by atoms with Gasteiger partial charge < -0.3 is 11.1 Å². The fourth-order valence-corrected chi connectivity index (χ4v) is 5.25. The summed E-state index contributed by atoms with van der Waals surface area (Å²) in [6.07, 6.45) is 0.297. The van der Waals surface area contributed by atoms with E-state index in [4.69, 9.17) is 5.73 Å². The molecule has 0 spiro atoms. The second kappa shape index (κ2) is 10.0. The van der Waals surface area contributed by atoms with Crippen LogP contribution in [0.4, 0.5) is 18.2 Å². The number of primary amides is 1. The SMILES string of the molecule is CCN(CC)Cc1cn(CCC(=O)Nc2sc3c(c2C(N)=O)CCCC3)nc1C(F)(F)F. The number of carbonyl (C=O) groups excluding carboxylic acids is 2. The fourth-order valence-electron chi connectivity index (χ4n) is 3.94. The largest absolute Gasteiger partial charge is 0.435 e. The first kappa shape index (κ1) is 24.2. The number of hydrogen-bond acceptors (Lipinski definition) is 5. The number of nitrogens with two attached hydrogens (primary N) is 1. The summed E-state index contributed by atoms with van der Waals surface area (Å²) in [5.74, 6) is -0.983. The third kappa shape index (κ3) is 5.50. The summed E-state index contributed by atoms with van der Waals surface area (Å²) in [6.45, 7) is 5.13. The van der Waals surface area contributed by atoms with Crippen LogP contribution >= 0.6 is 11.3 Å². The quantitative estimate of drug-likeness (QED) is 0.582. The highest BCUT2D eigenvalue weighted by atomic mass is 32.1. The van der Waals surface area contributed by atoms with Gasteiger partial charge in [-0.05, 0) is 44.3 Å². The molecular formula is C21H28F3N5O2S. The summed E-state index contributed by atoms with van der Waals surface area (Å²) in [7, 11) is 0. The van der Waals surface area contributed by atoms with Crippen molar-refractivity contribution in [1.29, 1.82) is 0 Å². The first-order chi connectivity index (χ1) is 15.1. The smallest absolute Gasteiger partial charge is 0.365 e. The molecule has 0 aliphatic heterocycles. The number of thiophene rings is 1. The van der Waals surface area contributed by atoms with Gasteiger partial charge in [0.25, 0.3) is 5.91 Å². The summed E-state index contributed by atoms with van der Waals surface area (Å²) >= 11 is 1.35. The standard InChI is InChI=1S/C21H28F3N5O2S/c1-3-28(4-2)11-13-12-29(27-18(13)21(22,23)24)10-9-16(30)26-20-17(19(25)31)14-7-5-6-8-15(14)32-20/h12H,3-11H2,1-2H3,(H2,25,31)(H,26,30). The molecule has 0 atom stereocenters. The van der Waals surface area contributed by atoms with Crippen molar-refractivity contribution in [3.05, 3.63) is 33.5 Å². The number of anilines is 1. The van der Waals surface area contributed by atoms with Crippen molar-refractivity contribution >= 4 is 28.2 Å². The van der Waals surface area contributed by atoms with Crippen molar-refractivity contribution in [1.82, 2.24) is 14.7 Å². The topological polar surface area (TPSA) is 93.3 Å². The highest BCUT2D eigenvalue weighted by Crippen LogP contribution is 2.38. The van der Waals surface area contributed by atoms with Crippen molar-refractivity contribution in [2.45, 2.75) is 65.2 Å². The average molecular weight is 472 g/mol. The lowest BCUT2D eigenvalue weighted by Gasteiger charge is -2.17. The number of halogens is 3. The Morgan fingerprint density at radius 1 is 1.25 bits per heavy atom. The van der Waals surface area contributed by atoms with Crippen LogP contribution < -0.4 is 11.1 Å². The third-order valence-corrected chi connectivity index (χ3v) is 6.84. The van der Waals surface area contributed by atoms with Crippen LogP contribution in [-0.4, -0.2) is 39.6 Å². The predicted octanol–water partition coefficient (Wildman–Crippen LogP) is 3.81. The lowest BCUT2D eigenvalue weighted by atomic mass is 9.95. The fraction of sp³-hybridized carbons (Fsp3) is 0.571. The van der Waals surface area contributed by atoms with Crippen molar-refractivity contribution in [2.75, 3.05) is 18.4 Å². The molecule has 176 valence electrons. The van der Waals surface area contributed by atoms with E-state index in [2.05, 4.69) is 10.4 Å². The molecule has 7 nitrogen and oxygen atoms in total. The molecule has 2 heterocycles. The number of alkyl halides is 3. The number of amides is 2. The van der Waals surface area contributed by atoms with E-state index in [1.807, 2.05) is 18.7 Å². The zero-order chi connectivity index (χ0) is 23.5. The second-order valence-corrected chi connectivity index (χ2v) is 8.91. The predicted molar refractivity (Wildman–Crippen MR) is 117 cm³/mol. The number of nitrogens with one attached hydrogen (secondary N) is 1. The molecule has 32 heavy (non-hydrogen) atoms. The van der Waals surface area contributed by atoms with E-state index in [-0.39, 0.29) is 25.1 Å². The molecule has 2 aromatic heterocycles. The van der Waals surface area contributed by atoms with Gasteiger partial charge in [-0.3, -0.25) is 19.2 Å². The maximum atomic E-state index is 13.4. The highest BCUT2D eigenvalue weighted by Gasteiger charge is 2.37. The Labute approximate surface area is 188 Å². The Balaban J connectivity index is 1.71. The van der Waals surface area contributed by atoms with Crippen molar-refractivity contribution < 1.29 is 22.8 Å². The van der Waals surface area contributed by atoms with Crippen LogP contribution in [0.2, 0.25) is 0 Å². The molecule has 1 aliphatic rings. The summed E-state index contributed by atoms with van der Waals surface area (Å²) in [5, 5.41) is 6.85. The molecule has 2 amide bonds. The Morgan fingerprint density at radius 3 is 2.56 bits per heavy atom. The van der Waals surface area contributed by atoms with Gasteiger partial charge in [-0.2, -0.15) is 18.3 Å². The lowest BCUT2D eigenvalue weighted by Crippen LogP contribution is -2.23. The maximum absolute atomic E-state index is 13.4. The van der Waals surface area contributed by atoms with Crippen molar-refractivity contribution in [3.63, 3.8) is 0 Å². The molecular weight excluding hydrogens is 443 g/mol. The Hall–Kier alpha value is -2.40. The van der Waals surface area contributed by atoms with Gasteiger partial charge in [0.15, 0.2) is 5.69 Å². The molecule has 1 aliphatic carbocycles. The van der Waals surface area contributed by atoms with E-state index in [0.717, 1.165) is 40.8 Å². The first-order valence-electron chi connectivity index (χ1n) is 10.7. The van der Waals surface area contributed by atoms with Crippen LogP contribution in [0.15, 0.2) is 6.20 Å². The van der Waals surface area contributed by atoms with Crippen molar-refractivity contribution in [3.8, 4) is 0 Å². The van der Waals surface area contributed by atoms with Gasteiger partial charge in [0.1, 0.15) is 5.00 Å². The monoisotopic (exact) mass is 471 g/mol. The molecule has 0 saturated carbocycles. The molecule has 11 heteroatoms. The number of rotatable bonds is 9. The van der Waals surface area contributed by atoms with Gasteiger partial charge in [-0.25, -0.2) is 0 Å². The van der Waals surface area contributed by atoms with Gasteiger partial charge in [-0.1, -0.05) is 13.8 Å². The van der Waals surface area contributed by atoms with Gasteiger partial charge in [0.05, 0.1) is 5.56 Å². The molecule has 0 unspecified atom stereocenters. The summed E-state index contributed by atoms with van der Waals surface area (Å²) in [4.78, 5) is 27.4. The zero-order valence-corrected chi connectivity index (χ0v) is 19.0. The number of aryl methyl sites for hydroxylation is 2. The minimum Gasteiger partial charge on any atom is -0.365 e. The van der Waals surface area contributed by atoms with Gasteiger partial charge in [0.2, 0.25) is 5.91 Å². The molecule has 3 N–H and O–H groups in total. The summed E-state index contributed by atoms with van der Waals surface area (Å²) < 4.78 is 41.4. The average Bonchev–Trinajstić information content (AvgIpc) is 3.31. The van der Waals surface area contributed by atoms with E-state index in [0.29, 0.717) is 23.7 Å². The van der Waals surface area contributed by atoms with Crippen LogP contribution in [0, 0.1) is 0 Å². The van der Waals surface area contributed by atoms with Crippen LogP contribution in [0.3, 0.4) is 0 Å². The van der Waals surface area contributed by atoms with Gasteiger partial charge in [-0.15, -0.1) is 11.3 Å². The van der Waals surface area contributed by atoms with Crippen LogP contribution in [-0.2, 0) is 36.9 Å². The molecule has 2 aromatic rings. The Bertz CT molecular complexity index is 979.